The standard InChI is InChI=1S/C11H22N2O3S/c1-3-4-5-9(2)13-7-10(6-11(13)14)8-17(12,15)16/h9-10H,3-8H2,1-2H3,(H2,12,15,16). The molecule has 17 heavy (non-hydrogen) atoms. The largest absolute Gasteiger partial charge is 0.340 e. The van der Waals surface area contributed by atoms with Gasteiger partial charge in [0.15, 0.2) is 0 Å². The lowest BCUT2D eigenvalue weighted by atomic mass is 10.1. The van der Waals surface area contributed by atoms with Gasteiger partial charge in [-0.25, -0.2) is 13.6 Å². The number of sulfonamides is 1. The average Bonchev–Trinajstić information content (AvgIpc) is 2.53. The third-order valence-corrected chi connectivity index (χ3v) is 4.15. The van der Waals surface area contributed by atoms with Gasteiger partial charge >= 0.3 is 0 Å². The number of hydrogen-bond donors (Lipinski definition) is 1. The van der Waals surface area contributed by atoms with Crippen molar-refractivity contribution >= 4 is 15.9 Å². The topological polar surface area (TPSA) is 80.5 Å². The molecule has 0 aromatic heterocycles. The van der Waals surface area contributed by atoms with E-state index < -0.39 is 10.0 Å². The van der Waals surface area contributed by atoms with Crippen LogP contribution in [-0.4, -0.2) is 37.6 Å². The van der Waals surface area contributed by atoms with Gasteiger partial charge in [-0.3, -0.25) is 4.79 Å². The van der Waals surface area contributed by atoms with E-state index in [1.165, 1.54) is 0 Å². The van der Waals surface area contributed by atoms with Crippen molar-refractivity contribution in [2.45, 2.75) is 45.6 Å². The Morgan fingerprint density at radius 2 is 2.18 bits per heavy atom. The summed E-state index contributed by atoms with van der Waals surface area (Å²) < 4.78 is 22.0. The van der Waals surface area contributed by atoms with E-state index >= 15 is 0 Å². The molecule has 1 fully saturated rings. The van der Waals surface area contributed by atoms with Crippen LogP contribution < -0.4 is 5.14 Å². The highest BCUT2D eigenvalue weighted by atomic mass is 32.2. The van der Waals surface area contributed by atoms with Crippen LogP contribution in [0.2, 0.25) is 0 Å². The van der Waals surface area contributed by atoms with Crippen molar-refractivity contribution in [2.24, 2.45) is 11.1 Å². The molecule has 1 amide bonds. The summed E-state index contributed by atoms with van der Waals surface area (Å²) in [5.74, 6) is -0.167. The molecule has 0 aromatic rings. The molecule has 1 rings (SSSR count). The van der Waals surface area contributed by atoms with E-state index in [2.05, 4.69) is 6.92 Å². The number of amides is 1. The zero-order chi connectivity index (χ0) is 13.1. The fourth-order valence-corrected chi connectivity index (χ4v) is 3.21. The van der Waals surface area contributed by atoms with E-state index in [9.17, 15) is 13.2 Å². The Labute approximate surface area is 103 Å². The summed E-state index contributed by atoms with van der Waals surface area (Å²) in [6.07, 6.45) is 3.48. The quantitative estimate of drug-likeness (QED) is 0.765. The monoisotopic (exact) mass is 262 g/mol. The smallest absolute Gasteiger partial charge is 0.223 e. The summed E-state index contributed by atoms with van der Waals surface area (Å²) in [6.45, 7) is 4.66. The van der Waals surface area contributed by atoms with Gasteiger partial charge < -0.3 is 4.90 Å². The fourth-order valence-electron chi connectivity index (χ4n) is 2.33. The molecule has 6 heteroatoms. The van der Waals surface area contributed by atoms with Crippen LogP contribution in [0.3, 0.4) is 0 Å². The zero-order valence-electron chi connectivity index (χ0n) is 10.6. The van der Waals surface area contributed by atoms with Gasteiger partial charge in [-0.2, -0.15) is 0 Å². The van der Waals surface area contributed by atoms with Crippen LogP contribution in [0.5, 0.6) is 0 Å². The molecule has 1 saturated heterocycles. The van der Waals surface area contributed by atoms with Gasteiger partial charge in [-0.1, -0.05) is 19.8 Å². The van der Waals surface area contributed by atoms with Gasteiger partial charge in [0.05, 0.1) is 5.75 Å². The van der Waals surface area contributed by atoms with Gasteiger partial charge in [0, 0.05) is 24.9 Å². The number of unbranched alkanes of at least 4 members (excludes halogenated alkanes) is 1. The van der Waals surface area contributed by atoms with E-state index in [0.29, 0.717) is 13.0 Å². The minimum atomic E-state index is -3.48. The van der Waals surface area contributed by atoms with Crippen molar-refractivity contribution in [3.8, 4) is 0 Å². The van der Waals surface area contributed by atoms with E-state index in [1.807, 2.05) is 6.92 Å². The molecule has 0 aliphatic carbocycles. The number of nitrogens with zero attached hydrogens (tertiary/aromatic N) is 1. The first-order valence-corrected chi connectivity index (χ1v) is 7.85. The summed E-state index contributed by atoms with van der Waals surface area (Å²) >= 11 is 0. The predicted molar refractivity (Wildman–Crippen MR) is 66.8 cm³/mol. The number of nitrogens with two attached hydrogens (primary N) is 1. The average molecular weight is 262 g/mol. The Morgan fingerprint density at radius 3 is 2.71 bits per heavy atom. The highest BCUT2D eigenvalue weighted by Gasteiger charge is 2.34. The molecular formula is C11H22N2O3S. The van der Waals surface area contributed by atoms with E-state index in [1.54, 1.807) is 4.90 Å². The lowest BCUT2D eigenvalue weighted by molar-refractivity contribution is -0.129. The van der Waals surface area contributed by atoms with E-state index in [-0.39, 0.29) is 23.6 Å². The van der Waals surface area contributed by atoms with Crippen molar-refractivity contribution in [2.75, 3.05) is 12.3 Å². The van der Waals surface area contributed by atoms with Gasteiger partial charge in [0.25, 0.3) is 0 Å². The maximum absolute atomic E-state index is 11.8. The molecule has 0 saturated carbocycles. The Balaban J connectivity index is 2.52. The van der Waals surface area contributed by atoms with Crippen LogP contribution in [0.1, 0.15) is 39.5 Å². The molecule has 5 nitrogen and oxygen atoms in total. The van der Waals surface area contributed by atoms with Crippen LogP contribution in [0, 0.1) is 5.92 Å². The molecule has 0 spiro atoms. The molecular weight excluding hydrogens is 240 g/mol. The summed E-state index contributed by atoms with van der Waals surface area (Å²) in [4.78, 5) is 13.6. The first-order valence-electron chi connectivity index (χ1n) is 6.13. The molecule has 2 atom stereocenters. The normalized spacial score (nSPS) is 23.1. The minimum absolute atomic E-state index is 0.0576. The number of carbonyl (C=O) groups excluding carboxylic acids is 1. The van der Waals surface area contributed by atoms with Crippen molar-refractivity contribution in [3.05, 3.63) is 0 Å². The van der Waals surface area contributed by atoms with Crippen LogP contribution in [-0.2, 0) is 14.8 Å². The van der Waals surface area contributed by atoms with Gasteiger partial charge in [-0.15, -0.1) is 0 Å². The number of primary sulfonamides is 1. The lowest BCUT2D eigenvalue weighted by Crippen LogP contribution is -2.35. The molecule has 1 aliphatic rings. The summed E-state index contributed by atoms with van der Waals surface area (Å²) in [5, 5.41) is 5.00. The summed E-state index contributed by atoms with van der Waals surface area (Å²) in [6, 6.07) is 0.202. The van der Waals surface area contributed by atoms with Crippen LogP contribution in [0.15, 0.2) is 0 Å². The number of rotatable bonds is 6. The van der Waals surface area contributed by atoms with Crippen LogP contribution >= 0.6 is 0 Å². The minimum Gasteiger partial charge on any atom is -0.340 e. The molecule has 100 valence electrons. The van der Waals surface area contributed by atoms with E-state index in [4.69, 9.17) is 5.14 Å². The van der Waals surface area contributed by atoms with Crippen molar-refractivity contribution < 1.29 is 13.2 Å². The Hall–Kier alpha value is -0.620. The maximum atomic E-state index is 11.8. The lowest BCUT2D eigenvalue weighted by Gasteiger charge is -2.24. The number of hydrogen-bond acceptors (Lipinski definition) is 3. The van der Waals surface area contributed by atoms with Crippen LogP contribution in [0.4, 0.5) is 0 Å². The Kier molecular flexibility index (Phi) is 4.94. The predicted octanol–water partition coefficient (Wildman–Crippen LogP) is 0.702. The van der Waals surface area contributed by atoms with Gasteiger partial charge in [0.2, 0.25) is 15.9 Å². The molecule has 0 bridgehead atoms. The highest BCUT2D eigenvalue weighted by Crippen LogP contribution is 2.23. The Bertz CT molecular complexity index is 367. The molecule has 0 aromatic carbocycles. The first kappa shape index (κ1) is 14.4. The van der Waals surface area contributed by atoms with Crippen molar-refractivity contribution in [3.63, 3.8) is 0 Å². The fraction of sp³-hybridized carbons (Fsp3) is 0.909. The SMILES string of the molecule is CCCCC(C)N1CC(CS(N)(=O)=O)CC1=O. The summed E-state index contributed by atoms with van der Waals surface area (Å²) in [7, 11) is -3.48. The third-order valence-electron chi connectivity index (χ3n) is 3.21. The van der Waals surface area contributed by atoms with E-state index in [0.717, 1.165) is 19.3 Å². The molecule has 0 radical (unpaired) electrons. The van der Waals surface area contributed by atoms with Crippen molar-refractivity contribution in [1.29, 1.82) is 0 Å². The van der Waals surface area contributed by atoms with Crippen LogP contribution in [0.25, 0.3) is 0 Å². The third kappa shape index (κ3) is 4.63. The highest BCUT2D eigenvalue weighted by molar-refractivity contribution is 7.89. The second-order valence-electron chi connectivity index (χ2n) is 4.94. The molecule has 2 N–H and O–H groups in total. The first-order chi connectivity index (χ1) is 7.83. The second-order valence-corrected chi connectivity index (χ2v) is 6.60. The molecule has 1 aliphatic heterocycles. The molecule has 2 unspecified atom stereocenters. The van der Waals surface area contributed by atoms with Gasteiger partial charge in [0.1, 0.15) is 0 Å². The summed E-state index contributed by atoms with van der Waals surface area (Å²) in [5.41, 5.74) is 0. The number of carbonyl (C=O) groups is 1. The molecule has 1 heterocycles. The van der Waals surface area contributed by atoms with Gasteiger partial charge in [-0.05, 0) is 13.3 Å². The maximum Gasteiger partial charge on any atom is 0.223 e. The Morgan fingerprint density at radius 1 is 1.53 bits per heavy atom. The van der Waals surface area contributed by atoms with Crippen molar-refractivity contribution in [1.82, 2.24) is 4.90 Å². The number of likely N-dealkylation sites (tertiary alicyclic amines) is 1. The second kappa shape index (κ2) is 5.82. The zero-order valence-corrected chi connectivity index (χ0v) is 11.4.